The van der Waals surface area contributed by atoms with Crippen LogP contribution >= 0.6 is 11.8 Å². The minimum atomic E-state index is -0.242. The van der Waals surface area contributed by atoms with E-state index >= 15 is 0 Å². The van der Waals surface area contributed by atoms with Gasteiger partial charge >= 0.3 is 0 Å². The lowest BCUT2D eigenvalue weighted by molar-refractivity contribution is 0.627. The van der Waals surface area contributed by atoms with E-state index in [4.69, 9.17) is 0 Å². The molecule has 2 heterocycles. The number of rotatable bonds is 4. The van der Waals surface area contributed by atoms with Crippen molar-refractivity contribution in [3.05, 3.63) is 89.1 Å². The van der Waals surface area contributed by atoms with Gasteiger partial charge in [-0.2, -0.15) is 0 Å². The van der Waals surface area contributed by atoms with Crippen molar-refractivity contribution in [1.82, 2.24) is 19.6 Å². The summed E-state index contributed by atoms with van der Waals surface area (Å²) in [5.41, 5.74) is 3.83. The highest BCUT2D eigenvalue weighted by atomic mass is 32.2. The van der Waals surface area contributed by atoms with E-state index in [0.29, 0.717) is 0 Å². The zero-order valence-corrected chi connectivity index (χ0v) is 15.2. The molecule has 2 aromatic heterocycles. The van der Waals surface area contributed by atoms with Gasteiger partial charge < -0.3 is 0 Å². The number of thioether (sulfide) groups is 1. The Bertz CT molecular complexity index is 1040. The zero-order chi connectivity index (χ0) is 18.1. The van der Waals surface area contributed by atoms with Gasteiger partial charge in [0.15, 0.2) is 10.8 Å². The first-order valence-corrected chi connectivity index (χ1v) is 9.16. The van der Waals surface area contributed by atoms with Crippen LogP contribution in [0.25, 0.3) is 5.65 Å². The molecule has 26 heavy (non-hydrogen) atoms. The summed E-state index contributed by atoms with van der Waals surface area (Å²) < 4.78 is 15.3. The highest BCUT2D eigenvalue weighted by molar-refractivity contribution is 7.99. The molecule has 0 aliphatic carbocycles. The lowest BCUT2D eigenvalue weighted by atomic mass is 10.0. The fourth-order valence-corrected chi connectivity index (χ4v) is 4.20. The molecule has 6 heteroatoms. The minimum Gasteiger partial charge on any atom is -0.258 e. The summed E-state index contributed by atoms with van der Waals surface area (Å²) in [6.45, 7) is 3.89. The van der Waals surface area contributed by atoms with Gasteiger partial charge in [-0.3, -0.25) is 4.40 Å². The van der Waals surface area contributed by atoms with Crippen LogP contribution in [0.3, 0.4) is 0 Å². The van der Waals surface area contributed by atoms with Gasteiger partial charge in [0.1, 0.15) is 11.6 Å². The molecule has 4 rings (SSSR count). The summed E-state index contributed by atoms with van der Waals surface area (Å²) in [5, 5.41) is 9.40. The average molecular weight is 364 g/mol. The number of nitrogens with zero attached hydrogens (tertiary/aromatic N) is 4. The molecule has 4 nitrogen and oxygen atoms in total. The van der Waals surface area contributed by atoms with Crippen LogP contribution in [0.4, 0.5) is 4.39 Å². The summed E-state index contributed by atoms with van der Waals surface area (Å²) in [6, 6.07) is 18.7. The second kappa shape index (κ2) is 6.88. The first-order valence-electron chi connectivity index (χ1n) is 8.28. The van der Waals surface area contributed by atoms with Crippen LogP contribution < -0.4 is 0 Å². The van der Waals surface area contributed by atoms with Crippen LogP contribution in [-0.2, 0) is 0 Å². The highest BCUT2D eigenvalue weighted by Crippen LogP contribution is 2.39. The zero-order valence-electron chi connectivity index (χ0n) is 14.4. The van der Waals surface area contributed by atoms with Crippen LogP contribution in [0, 0.1) is 19.7 Å². The lowest BCUT2D eigenvalue weighted by Crippen LogP contribution is -2.02. The van der Waals surface area contributed by atoms with Crippen molar-refractivity contribution >= 4 is 17.4 Å². The highest BCUT2D eigenvalue weighted by Gasteiger charge is 2.20. The molecule has 1 unspecified atom stereocenters. The van der Waals surface area contributed by atoms with E-state index in [-0.39, 0.29) is 11.1 Å². The topological polar surface area (TPSA) is 43.1 Å². The number of benzene rings is 2. The maximum absolute atomic E-state index is 13.4. The van der Waals surface area contributed by atoms with E-state index in [1.54, 1.807) is 11.8 Å². The molecular weight excluding hydrogens is 347 g/mol. The van der Waals surface area contributed by atoms with Gasteiger partial charge in [0.05, 0.1) is 5.25 Å². The molecule has 2 aromatic carbocycles. The van der Waals surface area contributed by atoms with Gasteiger partial charge in [-0.05, 0) is 37.1 Å². The van der Waals surface area contributed by atoms with Gasteiger partial charge in [-0.15, -0.1) is 10.2 Å². The number of aryl methyl sites for hydroxylation is 2. The third kappa shape index (κ3) is 3.20. The molecule has 1 atom stereocenters. The van der Waals surface area contributed by atoms with Crippen molar-refractivity contribution in [3.8, 4) is 0 Å². The Balaban J connectivity index is 1.80. The second-order valence-electron chi connectivity index (χ2n) is 6.08. The smallest absolute Gasteiger partial charge is 0.197 e. The van der Waals surface area contributed by atoms with Crippen LogP contribution in [0.2, 0.25) is 0 Å². The van der Waals surface area contributed by atoms with Crippen molar-refractivity contribution in [2.75, 3.05) is 0 Å². The van der Waals surface area contributed by atoms with Gasteiger partial charge in [-0.25, -0.2) is 9.37 Å². The maximum Gasteiger partial charge on any atom is 0.197 e. The van der Waals surface area contributed by atoms with Gasteiger partial charge in [0, 0.05) is 11.8 Å². The standard InChI is InChI=1S/C20H17FN4S/c1-13-12-18-23-24-20(25(18)14(2)22-13)26-19(15-6-4-3-5-7-15)16-8-10-17(21)11-9-16/h3-12,19H,1-2H3. The summed E-state index contributed by atoms with van der Waals surface area (Å²) in [7, 11) is 0. The van der Waals surface area contributed by atoms with Crippen molar-refractivity contribution in [2.24, 2.45) is 0 Å². The van der Waals surface area contributed by atoms with E-state index in [9.17, 15) is 4.39 Å². The van der Waals surface area contributed by atoms with Crippen molar-refractivity contribution < 1.29 is 4.39 Å². The summed E-state index contributed by atoms with van der Waals surface area (Å²) >= 11 is 1.58. The third-order valence-electron chi connectivity index (χ3n) is 4.16. The van der Waals surface area contributed by atoms with Crippen LogP contribution in [-0.4, -0.2) is 19.6 Å². The van der Waals surface area contributed by atoms with Crippen molar-refractivity contribution in [2.45, 2.75) is 24.3 Å². The van der Waals surface area contributed by atoms with E-state index in [1.807, 2.05) is 54.6 Å². The molecule has 0 bridgehead atoms. The third-order valence-corrected chi connectivity index (χ3v) is 5.41. The number of hydrogen-bond acceptors (Lipinski definition) is 4. The number of halogens is 1. The van der Waals surface area contributed by atoms with E-state index in [0.717, 1.165) is 33.4 Å². The maximum atomic E-state index is 13.4. The molecule has 0 aliphatic heterocycles. The van der Waals surface area contributed by atoms with E-state index < -0.39 is 0 Å². The SMILES string of the molecule is Cc1cc2nnc(SC(c3ccccc3)c3ccc(F)cc3)n2c(C)n1. The number of hydrogen-bond donors (Lipinski definition) is 0. The monoisotopic (exact) mass is 364 g/mol. The fourth-order valence-electron chi connectivity index (χ4n) is 2.98. The summed E-state index contributed by atoms with van der Waals surface area (Å²) in [4.78, 5) is 4.52. The largest absolute Gasteiger partial charge is 0.258 e. The van der Waals surface area contributed by atoms with Gasteiger partial charge in [0.25, 0.3) is 0 Å². The van der Waals surface area contributed by atoms with E-state index in [2.05, 4.69) is 27.3 Å². The predicted octanol–water partition coefficient (Wildman–Crippen LogP) is 4.76. The Hall–Kier alpha value is -2.73. The molecule has 0 aliphatic rings. The molecule has 0 saturated heterocycles. The van der Waals surface area contributed by atoms with Gasteiger partial charge in [0.2, 0.25) is 0 Å². The Morgan fingerprint density at radius 2 is 1.62 bits per heavy atom. The molecule has 0 amide bonds. The Labute approximate surface area is 155 Å². The van der Waals surface area contributed by atoms with E-state index in [1.165, 1.54) is 12.1 Å². The van der Waals surface area contributed by atoms with Crippen LogP contribution in [0.1, 0.15) is 27.9 Å². The quantitative estimate of drug-likeness (QED) is 0.490. The number of fused-ring (bicyclic) bond motifs is 1. The molecule has 0 fully saturated rings. The molecule has 0 radical (unpaired) electrons. The normalized spacial score (nSPS) is 12.4. The molecular formula is C20H17FN4S. The van der Waals surface area contributed by atoms with Crippen LogP contribution in [0.15, 0.2) is 65.8 Å². The Kier molecular flexibility index (Phi) is 4.42. The van der Waals surface area contributed by atoms with Crippen LogP contribution in [0.5, 0.6) is 0 Å². The first-order chi connectivity index (χ1) is 12.6. The molecule has 0 spiro atoms. The number of aromatic nitrogens is 4. The Morgan fingerprint density at radius 1 is 0.923 bits per heavy atom. The molecule has 4 aromatic rings. The lowest BCUT2D eigenvalue weighted by Gasteiger charge is -2.17. The van der Waals surface area contributed by atoms with Crippen molar-refractivity contribution in [1.29, 1.82) is 0 Å². The Morgan fingerprint density at radius 3 is 2.35 bits per heavy atom. The predicted molar refractivity (Wildman–Crippen MR) is 101 cm³/mol. The molecule has 130 valence electrons. The summed E-state index contributed by atoms with van der Waals surface area (Å²) in [5.74, 6) is 0.604. The molecule has 0 N–H and O–H groups in total. The average Bonchev–Trinajstić information content (AvgIpc) is 3.04. The molecule has 0 saturated carbocycles. The second-order valence-corrected chi connectivity index (χ2v) is 7.15. The van der Waals surface area contributed by atoms with Gasteiger partial charge in [-0.1, -0.05) is 54.2 Å². The fraction of sp³-hybridized carbons (Fsp3) is 0.150. The van der Waals surface area contributed by atoms with Crippen molar-refractivity contribution in [3.63, 3.8) is 0 Å². The minimum absolute atomic E-state index is 0.0232. The first kappa shape index (κ1) is 16.7. The summed E-state index contributed by atoms with van der Waals surface area (Å²) in [6.07, 6.45) is 0.